The summed E-state index contributed by atoms with van der Waals surface area (Å²) in [6, 6.07) is 2.27. The van der Waals surface area contributed by atoms with Gasteiger partial charge in [0.1, 0.15) is 5.82 Å². The maximum Gasteiger partial charge on any atom is 0.339 e. The van der Waals surface area contributed by atoms with Gasteiger partial charge in [-0.3, -0.25) is 0 Å². The van der Waals surface area contributed by atoms with E-state index in [-0.39, 0.29) is 16.4 Å². The SMILES string of the molecule is COC(=O)c1cc(F)cc(/N=c2\ssnc2Cl)c1Br. The second kappa shape index (κ2) is 6.08. The van der Waals surface area contributed by atoms with Gasteiger partial charge in [0.05, 0.1) is 22.8 Å². The van der Waals surface area contributed by atoms with Crippen LogP contribution >= 0.6 is 48.4 Å². The highest BCUT2D eigenvalue weighted by Gasteiger charge is 2.16. The summed E-state index contributed by atoms with van der Waals surface area (Å²) in [4.78, 5) is 15.7. The molecule has 2 rings (SSSR count). The second-order valence-electron chi connectivity index (χ2n) is 3.23. The Morgan fingerprint density at radius 1 is 1.58 bits per heavy atom. The molecule has 1 heterocycles. The zero-order valence-corrected chi connectivity index (χ0v) is 13.3. The van der Waals surface area contributed by atoms with Crippen LogP contribution in [-0.4, -0.2) is 17.5 Å². The Morgan fingerprint density at radius 3 is 2.89 bits per heavy atom. The quantitative estimate of drug-likeness (QED) is 0.586. The van der Waals surface area contributed by atoms with Gasteiger partial charge in [-0.15, -0.1) is 0 Å². The van der Waals surface area contributed by atoms with Crippen molar-refractivity contribution in [2.75, 3.05) is 7.11 Å². The molecule has 0 fully saturated rings. The van der Waals surface area contributed by atoms with Crippen LogP contribution in [0.5, 0.6) is 0 Å². The lowest BCUT2D eigenvalue weighted by Crippen LogP contribution is -2.03. The molecule has 0 spiro atoms. The average molecular weight is 384 g/mol. The number of carbonyl (C=O) groups excluding carboxylic acids is 1. The van der Waals surface area contributed by atoms with Crippen LogP contribution < -0.4 is 4.67 Å². The summed E-state index contributed by atoms with van der Waals surface area (Å²) in [5.41, 5.74) is 0.310. The first-order chi connectivity index (χ1) is 9.02. The highest BCUT2D eigenvalue weighted by atomic mass is 79.9. The van der Waals surface area contributed by atoms with Crippen LogP contribution in [0.25, 0.3) is 0 Å². The molecule has 0 saturated heterocycles. The predicted octanol–water partition coefficient (Wildman–Crippen LogP) is 3.78. The number of nitrogens with zero attached hydrogens (tertiary/aromatic N) is 2. The fraction of sp³-hybridized carbons (Fsp3) is 0.100. The zero-order valence-electron chi connectivity index (χ0n) is 9.32. The Kier molecular flexibility index (Phi) is 4.67. The van der Waals surface area contributed by atoms with Crippen molar-refractivity contribution in [3.05, 3.63) is 37.8 Å². The van der Waals surface area contributed by atoms with E-state index in [1.807, 2.05) is 0 Å². The van der Waals surface area contributed by atoms with Gasteiger partial charge in [-0.25, -0.2) is 14.2 Å². The number of rotatable bonds is 2. The Hall–Kier alpha value is -0.830. The molecule has 4 nitrogen and oxygen atoms in total. The molecular weight excluding hydrogens is 379 g/mol. The Balaban J connectivity index is 2.62. The van der Waals surface area contributed by atoms with Gasteiger partial charge < -0.3 is 4.74 Å². The molecule has 19 heavy (non-hydrogen) atoms. The standard InChI is InChI=1S/C10H5BrClFN2O2S2/c1-17-10(16)5-2-4(13)3-6(7(5)11)14-9-8(12)15-19-18-9/h2-3H,1H3/b14-9-. The molecule has 0 amide bonds. The van der Waals surface area contributed by atoms with Crippen molar-refractivity contribution in [1.82, 2.24) is 4.37 Å². The molecule has 0 aliphatic carbocycles. The van der Waals surface area contributed by atoms with Gasteiger partial charge in [0.25, 0.3) is 0 Å². The highest BCUT2D eigenvalue weighted by molar-refractivity contribution is 9.10. The van der Waals surface area contributed by atoms with Gasteiger partial charge >= 0.3 is 5.97 Å². The van der Waals surface area contributed by atoms with Gasteiger partial charge in [0.15, 0.2) is 9.82 Å². The number of benzene rings is 1. The molecule has 0 N–H and O–H groups in total. The molecule has 2 aromatic rings. The number of halogens is 3. The lowest BCUT2D eigenvalue weighted by atomic mass is 10.2. The minimum Gasteiger partial charge on any atom is -0.465 e. The van der Waals surface area contributed by atoms with Crippen LogP contribution in [0.3, 0.4) is 0 Å². The van der Waals surface area contributed by atoms with E-state index in [4.69, 9.17) is 11.6 Å². The van der Waals surface area contributed by atoms with Crippen LogP contribution in [-0.2, 0) is 4.74 Å². The third-order valence-corrected chi connectivity index (χ3v) is 5.06. The Bertz CT molecular complexity index is 701. The van der Waals surface area contributed by atoms with Gasteiger partial charge in [-0.1, -0.05) is 11.6 Å². The first-order valence-corrected chi connectivity index (χ1v) is 8.04. The van der Waals surface area contributed by atoms with Crippen molar-refractivity contribution in [2.24, 2.45) is 4.99 Å². The van der Waals surface area contributed by atoms with Crippen molar-refractivity contribution in [1.29, 1.82) is 0 Å². The van der Waals surface area contributed by atoms with E-state index in [1.54, 1.807) is 0 Å². The zero-order chi connectivity index (χ0) is 14.0. The van der Waals surface area contributed by atoms with E-state index in [0.717, 1.165) is 6.07 Å². The summed E-state index contributed by atoms with van der Waals surface area (Å²) in [6.45, 7) is 0. The molecule has 0 unspecified atom stereocenters. The van der Waals surface area contributed by atoms with E-state index in [2.05, 4.69) is 30.0 Å². The van der Waals surface area contributed by atoms with E-state index < -0.39 is 11.8 Å². The Labute approximate surface area is 128 Å². The molecule has 1 aromatic heterocycles. The fourth-order valence-electron chi connectivity index (χ4n) is 1.25. The average Bonchev–Trinajstić information content (AvgIpc) is 2.78. The Morgan fingerprint density at radius 2 is 2.32 bits per heavy atom. The first-order valence-electron chi connectivity index (χ1n) is 4.76. The summed E-state index contributed by atoms with van der Waals surface area (Å²) < 4.78 is 22.7. The molecule has 0 aliphatic heterocycles. The molecule has 0 saturated carbocycles. The summed E-state index contributed by atoms with van der Waals surface area (Å²) in [6.07, 6.45) is 0. The summed E-state index contributed by atoms with van der Waals surface area (Å²) in [5.74, 6) is -1.24. The van der Waals surface area contributed by atoms with Crippen LogP contribution in [0.4, 0.5) is 10.1 Å². The van der Waals surface area contributed by atoms with E-state index >= 15 is 0 Å². The van der Waals surface area contributed by atoms with Crippen molar-refractivity contribution < 1.29 is 13.9 Å². The van der Waals surface area contributed by atoms with Gasteiger partial charge in [0.2, 0.25) is 0 Å². The van der Waals surface area contributed by atoms with Crippen LogP contribution in [0.1, 0.15) is 10.4 Å². The third-order valence-electron chi connectivity index (χ3n) is 2.06. The minimum absolute atomic E-state index is 0.0607. The topological polar surface area (TPSA) is 51.5 Å². The molecule has 0 aliphatic rings. The molecular formula is C10H5BrClFN2O2S2. The monoisotopic (exact) mass is 382 g/mol. The first kappa shape index (κ1) is 14.6. The molecule has 1 aromatic carbocycles. The number of hydrogen-bond donors (Lipinski definition) is 0. The smallest absolute Gasteiger partial charge is 0.339 e. The molecule has 9 heteroatoms. The van der Waals surface area contributed by atoms with Crippen molar-refractivity contribution in [3.8, 4) is 0 Å². The molecule has 0 bridgehead atoms. The lowest BCUT2D eigenvalue weighted by molar-refractivity contribution is 0.0599. The number of ether oxygens (including phenoxy) is 1. The van der Waals surface area contributed by atoms with Crippen molar-refractivity contribution >= 4 is 60.1 Å². The second-order valence-corrected chi connectivity index (χ2v) is 6.22. The number of aromatic nitrogens is 1. The van der Waals surface area contributed by atoms with Gasteiger partial charge in [-0.05, 0) is 32.3 Å². The summed E-state index contributed by atoms with van der Waals surface area (Å²) in [7, 11) is 3.65. The van der Waals surface area contributed by atoms with Crippen molar-refractivity contribution in [2.45, 2.75) is 0 Å². The largest absolute Gasteiger partial charge is 0.465 e. The molecule has 0 atom stereocenters. The number of esters is 1. The molecule has 0 radical (unpaired) electrons. The van der Waals surface area contributed by atoms with E-state index in [1.165, 1.54) is 34.1 Å². The fourth-order valence-corrected chi connectivity index (χ4v) is 3.71. The van der Waals surface area contributed by atoms with Gasteiger partial charge in [0, 0.05) is 16.6 Å². The predicted molar refractivity (Wildman–Crippen MR) is 75.7 cm³/mol. The van der Waals surface area contributed by atoms with E-state index in [9.17, 15) is 9.18 Å². The van der Waals surface area contributed by atoms with Crippen LogP contribution in [0.15, 0.2) is 21.6 Å². The van der Waals surface area contributed by atoms with Crippen LogP contribution in [0, 0.1) is 5.82 Å². The number of hydrogen-bond acceptors (Lipinski definition) is 6. The van der Waals surface area contributed by atoms with E-state index in [0.29, 0.717) is 9.14 Å². The van der Waals surface area contributed by atoms with Gasteiger partial charge in [-0.2, -0.15) is 4.37 Å². The number of methoxy groups -OCH3 is 1. The number of carbonyl (C=O) groups is 1. The normalized spacial score (nSPS) is 11.7. The molecule has 100 valence electrons. The minimum atomic E-state index is -0.652. The summed E-state index contributed by atoms with van der Waals surface area (Å²) >= 11 is 9.04. The highest BCUT2D eigenvalue weighted by Crippen LogP contribution is 2.31. The maximum atomic E-state index is 13.5. The third kappa shape index (κ3) is 3.19. The van der Waals surface area contributed by atoms with Crippen LogP contribution in [0.2, 0.25) is 5.15 Å². The van der Waals surface area contributed by atoms with Crippen molar-refractivity contribution in [3.63, 3.8) is 0 Å². The lowest BCUT2D eigenvalue weighted by Gasteiger charge is -2.05. The summed E-state index contributed by atoms with van der Waals surface area (Å²) in [5, 5.41) is 0.241. The maximum absolute atomic E-state index is 13.5.